The molecule has 7 nitrogen and oxygen atoms in total. The van der Waals surface area contributed by atoms with Crippen LogP contribution in [0.25, 0.3) is 11.1 Å². The number of aliphatic carboxylic acids is 1. The first-order valence-electron chi connectivity index (χ1n) is 11.4. The summed E-state index contributed by atoms with van der Waals surface area (Å²) >= 11 is 0. The molecule has 33 heavy (non-hydrogen) atoms. The Hall–Kier alpha value is -3.22. The molecule has 176 valence electrons. The van der Waals surface area contributed by atoms with Crippen molar-refractivity contribution in [1.29, 1.82) is 0 Å². The largest absolute Gasteiger partial charge is 0.493 e. The zero-order valence-electron chi connectivity index (χ0n) is 19.6. The minimum atomic E-state index is -0.925. The molecule has 0 spiro atoms. The first kappa shape index (κ1) is 23.0. The van der Waals surface area contributed by atoms with Gasteiger partial charge in [-0.25, -0.2) is 0 Å². The molecule has 1 aliphatic carbocycles. The van der Waals surface area contributed by atoms with Crippen molar-refractivity contribution in [1.82, 2.24) is 5.32 Å². The smallest absolute Gasteiger partial charge is 0.313 e. The van der Waals surface area contributed by atoms with Gasteiger partial charge in [0.2, 0.25) is 5.75 Å². The Bertz CT molecular complexity index is 1070. The van der Waals surface area contributed by atoms with Crippen LogP contribution in [-0.4, -0.2) is 37.3 Å². The highest BCUT2D eigenvalue weighted by atomic mass is 16.5. The third-order valence-corrected chi connectivity index (χ3v) is 6.87. The van der Waals surface area contributed by atoms with Crippen LogP contribution in [0.4, 0.5) is 0 Å². The number of benzene rings is 2. The molecule has 1 heterocycles. The summed E-state index contributed by atoms with van der Waals surface area (Å²) in [6, 6.07) is 9.28. The fraction of sp³-hybridized carbons (Fsp3) is 0.462. The second-order valence-corrected chi connectivity index (χ2v) is 9.24. The molecule has 0 radical (unpaired) electrons. The molecule has 2 aliphatic rings. The lowest BCUT2D eigenvalue weighted by molar-refractivity contribution is -0.164. The summed E-state index contributed by atoms with van der Waals surface area (Å²) in [4.78, 5) is 24.6. The second-order valence-electron chi connectivity index (χ2n) is 9.24. The van der Waals surface area contributed by atoms with E-state index in [0.29, 0.717) is 48.6 Å². The lowest BCUT2D eigenvalue weighted by Gasteiger charge is -2.44. The van der Waals surface area contributed by atoms with Crippen LogP contribution < -0.4 is 19.5 Å². The van der Waals surface area contributed by atoms with Gasteiger partial charge in [-0.1, -0.05) is 32.4 Å². The summed E-state index contributed by atoms with van der Waals surface area (Å²) in [5.74, 6) is 0.681. The SMILES string of the molecule is COc1ccc(-c2cccc3c2CNC3=O)c(OC(CC(C)C)C2(C(=O)O)CCC2)c1OC. The van der Waals surface area contributed by atoms with Crippen LogP contribution in [-0.2, 0) is 11.3 Å². The number of amides is 1. The lowest BCUT2D eigenvalue weighted by atomic mass is 9.63. The fourth-order valence-electron chi connectivity index (χ4n) is 4.92. The van der Waals surface area contributed by atoms with E-state index in [2.05, 4.69) is 19.2 Å². The van der Waals surface area contributed by atoms with Gasteiger partial charge in [0, 0.05) is 17.7 Å². The molecular weight excluding hydrogens is 422 g/mol. The van der Waals surface area contributed by atoms with Gasteiger partial charge >= 0.3 is 5.97 Å². The van der Waals surface area contributed by atoms with Gasteiger partial charge in [0.1, 0.15) is 11.5 Å². The van der Waals surface area contributed by atoms with Crippen LogP contribution in [0.5, 0.6) is 17.2 Å². The molecule has 0 bridgehead atoms. The number of carbonyl (C=O) groups is 2. The van der Waals surface area contributed by atoms with Crippen molar-refractivity contribution in [2.24, 2.45) is 11.3 Å². The van der Waals surface area contributed by atoms with Crippen molar-refractivity contribution in [3.05, 3.63) is 41.5 Å². The Morgan fingerprint density at radius 1 is 1.06 bits per heavy atom. The summed E-state index contributed by atoms with van der Waals surface area (Å²) in [7, 11) is 3.10. The zero-order valence-corrected chi connectivity index (χ0v) is 19.6. The number of rotatable bonds is 9. The molecule has 2 N–H and O–H groups in total. The number of fused-ring (bicyclic) bond motifs is 1. The van der Waals surface area contributed by atoms with Crippen molar-refractivity contribution >= 4 is 11.9 Å². The molecule has 0 saturated heterocycles. The van der Waals surface area contributed by atoms with E-state index < -0.39 is 17.5 Å². The normalized spacial score (nSPS) is 17.1. The van der Waals surface area contributed by atoms with E-state index >= 15 is 0 Å². The standard InChI is InChI=1S/C26H31NO6/c1-15(2)13-21(26(25(29)30)11-6-12-26)33-22-17(9-10-20(31-3)23(22)32-4)16-7-5-8-18-19(16)14-27-24(18)28/h5,7-10,15,21H,6,11-14H2,1-4H3,(H,27,28)(H,29,30). The van der Waals surface area contributed by atoms with Crippen LogP contribution in [0.3, 0.4) is 0 Å². The summed E-state index contributed by atoms with van der Waals surface area (Å²) in [5.41, 5.74) is 2.19. The number of nitrogens with one attached hydrogen (secondary N) is 1. The quantitative estimate of drug-likeness (QED) is 0.573. The summed E-state index contributed by atoms with van der Waals surface area (Å²) in [6.07, 6.45) is 2.10. The zero-order chi connectivity index (χ0) is 23.8. The van der Waals surface area contributed by atoms with Crippen molar-refractivity contribution in [2.75, 3.05) is 14.2 Å². The van der Waals surface area contributed by atoms with Gasteiger partial charge in [0.25, 0.3) is 5.91 Å². The monoisotopic (exact) mass is 453 g/mol. The molecular formula is C26H31NO6. The molecule has 4 rings (SSSR count). The topological polar surface area (TPSA) is 94.1 Å². The number of carboxylic acid groups (broad SMARTS) is 1. The van der Waals surface area contributed by atoms with Crippen LogP contribution in [0.2, 0.25) is 0 Å². The van der Waals surface area contributed by atoms with E-state index in [1.165, 1.54) is 0 Å². The third kappa shape index (κ3) is 3.90. The van der Waals surface area contributed by atoms with Gasteiger partial charge in [-0.15, -0.1) is 0 Å². The molecule has 1 atom stereocenters. The Morgan fingerprint density at radius 3 is 2.36 bits per heavy atom. The predicted molar refractivity (Wildman–Crippen MR) is 124 cm³/mol. The van der Waals surface area contributed by atoms with E-state index in [1.54, 1.807) is 26.4 Å². The van der Waals surface area contributed by atoms with E-state index in [-0.39, 0.29) is 11.8 Å². The Kier molecular flexibility index (Phi) is 6.23. The summed E-state index contributed by atoms with van der Waals surface area (Å²) in [6.45, 7) is 4.55. The first-order chi connectivity index (χ1) is 15.8. The van der Waals surface area contributed by atoms with Crippen LogP contribution in [0, 0.1) is 11.3 Å². The van der Waals surface area contributed by atoms with Gasteiger partial charge in [-0.2, -0.15) is 0 Å². The Morgan fingerprint density at radius 2 is 1.79 bits per heavy atom. The maximum absolute atomic E-state index is 12.4. The van der Waals surface area contributed by atoms with Gasteiger partial charge in [-0.3, -0.25) is 9.59 Å². The Labute approximate surface area is 194 Å². The van der Waals surface area contributed by atoms with Gasteiger partial charge in [0.05, 0.1) is 14.2 Å². The number of ether oxygens (including phenoxy) is 3. The molecule has 7 heteroatoms. The number of carbonyl (C=O) groups excluding carboxylic acids is 1. The first-order valence-corrected chi connectivity index (χ1v) is 11.4. The third-order valence-electron chi connectivity index (χ3n) is 6.87. The molecule has 1 amide bonds. The maximum atomic E-state index is 12.4. The highest BCUT2D eigenvalue weighted by Gasteiger charge is 2.52. The number of hydrogen-bond acceptors (Lipinski definition) is 5. The molecule has 1 saturated carbocycles. The molecule has 1 unspecified atom stereocenters. The number of methoxy groups -OCH3 is 2. The van der Waals surface area contributed by atoms with Crippen LogP contribution in [0.15, 0.2) is 30.3 Å². The fourth-order valence-corrected chi connectivity index (χ4v) is 4.92. The minimum absolute atomic E-state index is 0.105. The van der Waals surface area contributed by atoms with E-state index in [0.717, 1.165) is 23.1 Å². The minimum Gasteiger partial charge on any atom is -0.493 e. The average Bonchev–Trinajstić information content (AvgIpc) is 3.13. The molecule has 1 fully saturated rings. The predicted octanol–water partition coefficient (Wildman–Crippen LogP) is 4.66. The highest BCUT2D eigenvalue weighted by Crippen LogP contribution is 2.51. The van der Waals surface area contributed by atoms with Crippen LogP contribution in [0.1, 0.15) is 55.5 Å². The van der Waals surface area contributed by atoms with Gasteiger partial charge in [0.15, 0.2) is 11.5 Å². The Balaban J connectivity index is 1.88. The summed E-state index contributed by atoms with van der Waals surface area (Å²) < 4.78 is 17.9. The van der Waals surface area contributed by atoms with E-state index in [9.17, 15) is 14.7 Å². The summed E-state index contributed by atoms with van der Waals surface area (Å²) in [5, 5.41) is 13.0. The van der Waals surface area contributed by atoms with Crippen molar-refractivity contribution in [3.8, 4) is 28.4 Å². The van der Waals surface area contributed by atoms with E-state index in [1.807, 2.05) is 18.2 Å². The molecule has 1 aliphatic heterocycles. The van der Waals surface area contributed by atoms with Crippen molar-refractivity contribution < 1.29 is 28.9 Å². The highest BCUT2D eigenvalue weighted by molar-refractivity contribution is 6.01. The molecule has 2 aromatic rings. The molecule has 0 aromatic heterocycles. The second kappa shape index (κ2) is 8.96. The number of hydrogen-bond donors (Lipinski definition) is 2. The average molecular weight is 454 g/mol. The molecule has 2 aromatic carbocycles. The van der Waals surface area contributed by atoms with E-state index in [4.69, 9.17) is 14.2 Å². The van der Waals surface area contributed by atoms with Crippen molar-refractivity contribution in [2.45, 2.75) is 52.2 Å². The van der Waals surface area contributed by atoms with Crippen molar-refractivity contribution in [3.63, 3.8) is 0 Å². The van der Waals surface area contributed by atoms with Crippen LogP contribution >= 0.6 is 0 Å². The van der Waals surface area contributed by atoms with Gasteiger partial charge < -0.3 is 24.6 Å². The maximum Gasteiger partial charge on any atom is 0.313 e. The lowest BCUT2D eigenvalue weighted by Crippen LogP contribution is -2.51. The van der Waals surface area contributed by atoms with Gasteiger partial charge in [-0.05, 0) is 54.5 Å². The number of carboxylic acids is 1.